The Morgan fingerprint density at radius 3 is 2.44 bits per heavy atom. The first-order valence-electron chi connectivity index (χ1n) is 6.88. The van der Waals surface area contributed by atoms with Crippen molar-refractivity contribution in [1.82, 2.24) is 5.32 Å². The molecule has 0 aliphatic rings. The van der Waals surface area contributed by atoms with Gasteiger partial charge >= 0.3 is 0 Å². The van der Waals surface area contributed by atoms with Crippen LogP contribution < -0.4 is 5.32 Å². The monoisotopic (exact) mass is 249 g/mol. The van der Waals surface area contributed by atoms with Crippen molar-refractivity contribution in [3.63, 3.8) is 0 Å². The van der Waals surface area contributed by atoms with E-state index in [1.54, 1.807) is 0 Å². The van der Waals surface area contributed by atoms with Crippen molar-refractivity contribution >= 4 is 0 Å². The molecule has 0 heterocycles. The lowest BCUT2D eigenvalue weighted by atomic mass is 9.99. The summed E-state index contributed by atoms with van der Waals surface area (Å²) in [5.74, 6) is 0.498. The number of aryl methyl sites for hydroxylation is 2. The third kappa shape index (κ3) is 4.79. The average molecular weight is 249 g/mol. The molecule has 1 rings (SSSR count). The van der Waals surface area contributed by atoms with Crippen LogP contribution in [0.4, 0.5) is 0 Å². The molecule has 2 heteroatoms. The molecule has 1 aromatic rings. The van der Waals surface area contributed by atoms with Gasteiger partial charge in [-0.25, -0.2) is 0 Å². The molecule has 102 valence electrons. The van der Waals surface area contributed by atoms with Gasteiger partial charge in [0.15, 0.2) is 0 Å². The predicted molar refractivity (Wildman–Crippen MR) is 77.8 cm³/mol. The lowest BCUT2D eigenvalue weighted by Gasteiger charge is -2.20. The molecule has 0 radical (unpaired) electrons. The van der Waals surface area contributed by atoms with E-state index in [0.717, 1.165) is 13.0 Å². The van der Waals surface area contributed by atoms with Crippen LogP contribution in [0.3, 0.4) is 0 Å². The Morgan fingerprint density at radius 1 is 1.17 bits per heavy atom. The van der Waals surface area contributed by atoms with Crippen molar-refractivity contribution in [3.05, 3.63) is 34.9 Å². The highest BCUT2D eigenvalue weighted by Crippen LogP contribution is 2.19. The first-order valence-corrected chi connectivity index (χ1v) is 6.88. The van der Waals surface area contributed by atoms with Crippen molar-refractivity contribution in [1.29, 1.82) is 0 Å². The fourth-order valence-electron chi connectivity index (χ4n) is 2.38. The van der Waals surface area contributed by atoms with Crippen molar-refractivity contribution < 1.29 is 5.11 Å². The lowest BCUT2D eigenvalue weighted by Crippen LogP contribution is -2.26. The summed E-state index contributed by atoms with van der Waals surface area (Å²) in [5, 5.41) is 12.9. The number of hydrogen-bond donors (Lipinski definition) is 2. The number of rotatable bonds is 6. The quantitative estimate of drug-likeness (QED) is 0.810. The van der Waals surface area contributed by atoms with Crippen LogP contribution in [0, 0.1) is 19.8 Å². The van der Waals surface area contributed by atoms with E-state index >= 15 is 0 Å². The second-order valence-electron chi connectivity index (χ2n) is 5.68. The van der Waals surface area contributed by atoms with E-state index in [0.29, 0.717) is 12.0 Å². The molecule has 3 unspecified atom stereocenters. The van der Waals surface area contributed by atoms with Crippen LogP contribution >= 0.6 is 0 Å². The number of aliphatic hydroxyl groups is 1. The van der Waals surface area contributed by atoms with Gasteiger partial charge in [0.2, 0.25) is 0 Å². The van der Waals surface area contributed by atoms with E-state index in [-0.39, 0.29) is 6.10 Å². The maximum absolute atomic E-state index is 9.36. The molecule has 2 nitrogen and oxygen atoms in total. The SMILES string of the molecule is Cc1ccc(C)c(C(C)NCC(C)CC(C)O)c1. The molecule has 0 saturated carbocycles. The maximum Gasteiger partial charge on any atom is 0.0515 e. The van der Waals surface area contributed by atoms with Crippen LogP contribution in [-0.2, 0) is 0 Å². The smallest absolute Gasteiger partial charge is 0.0515 e. The summed E-state index contributed by atoms with van der Waals surface area (Å²) in [4.78, 5) is 0. The number of nitrogens with one attached hydrogen (secondary N) is 1. The molecule has 0 bridgehead atoms. The standard InChI is InChI=1S/C16H27NO/c1-11-6-7-13(3)16(9-11)15(5)17-10-12(2)8-14(4)18/h6-7,9,12,14-15,17-18H,8,10H2,1-5H3. The summed E-state index contributed by atoms with van der Waals surface area (Å²) in [6.07, 6.45) is 0.643. The van der Waals surface area contributed by atoms with E-state index in [1.165, 1.54) is 16.7 Å². The minimum absolute atomic E-state index is 0.210. The Bertz CT molecular complexity index is 373. The second kappa shape index (κ2) is 6.91. The molecule has 0 aromatic heterocycles. The first-order chi connectivity index (χ1) is 8.40. The zero-order valence-corrected chi connectivity index (χ0v) is 12.3. The zero-order chi connectivity index (χ0) is 13.7. The van der Waals surface area contributed by atoms with Crippen LogP contribution in [0.25, 0.3) is 0 Å². The summed E-state index contributed by atoms with van der Waals surface area (Å²) >= 11 is 0. The highest BCUT2D eigenvalue weighted by Gasteiger charge is 2.11. The van der Waals surface area contributed by atoms with Gasteiger partial charge in [0.25, 0.3) is 0 Å². The van der Waals surface area contributed by atoms with Gasteiger partial charge in [-0.1, -0.05) is 30.7 Å². The minimum Gasteiger partial charge on any atom is -0.393 e. The number of aliphatic hydroxyl groups excluding tert-OH is 1. The lowest BCUT2D eigenvalue weighted by molar-refractivity contribution is 0.162. The summed E-state index contributed by atoms with van der Waals surface area (Å²) in [6, 6.07) is 6.96. The maximum atomic E-state index is 9.36. The van der Waals surface area contributed by atoms with Crippen LogP contribution in [0.5, 0.6) is 0 Å². The van der Waals surface area contributed by atoms with Crippen molar-refractivity contribution in [2.45, 2.75) is 53.2 Å². The third-order valence-electron chi connectivity index (χ3n) is 3.42. The Morgan fingerprint density at radius 2 is 1.83 bits per heavy atom. The Kier molecular flexibility index (Phi) is 5.83. The first kappa shape index (κ1) is 15.2. The Hall–Kier alpha value is -0.860. The second-order valence-corrected chi connectivity index (χ2v) is 5.68. The highest BCUT2D eigenvalue weighted by molar-refractivity contribution is 5.32. The van der Waals surface area contributed by atoms with Gasteiger partial charge in [0.1, 0.15) is 0 Å². The molecule has 0 aliphatic heterocycles. The largest absolute Gasteiger partial charge is 0.393 e. The molecule has 3 atom stereocenters. The van der Waals surface area contributed by atoms with E-state index in [9.17, 15) is 5.11 Å². The van der Waals surface area contributed by atoms with Crippen LogP contribution in [-0.4, -0.2) is 17.8 Å². The van der Waals surface area contributed by atoms with Gasteiger partial charge in [-0.05, 0) is 57.7 Å². The van der Waals surface area contributed by atoms with Crippen LogP contribution in [0.1, 0.15) is 49.9 Å². The zero-order valence-electron chi connectivity index (χ0n) is 12.3. The van der Waals surface area contributed by atoms with Crippen LogP contribution in [0.2, 0.25) is 0 Å². The highest BCUT2D eigenvalue weighted by atomic mass is 16.3. The molecule has 2 N–H and O–H groups in total. The van der Waals surface area contributed by atoms with Gasteiger partial charge in [0.05, 0.1) is 6.10 Å². The normalized spacial score (nSPS) is 16.3. The molecule has 0 saturated heterocycles. The molecule has 18 heavy (non-hydrogen) atoms. The molecule has 0 spiro atoms. The molecular formula is C16H27NO. The van der Waals surface area contributed by atoms with E-state index in [2.05, 4.69) is 51.2 Å². The summed E-state index contributed by atoms with van der Waals surface area (Å²) in [7, 11) is 0. The molecule has 0 amide bonds. The minimum atomic E-state index is -0.210. The van der Waals surface area contributed by atoms with E-state index in [1.807, 2.05) is 6.92 Å². The predicted octanol–water partition coefficient (Wildman–Crippen LogP) is 3.36. The van der Waals surface area contributed by atoms with Crippen molar-refractivity contribution in [2.24, 2.45) is 5.92 Å². The van der Waals surface area contributed by atoms with Crippen LogP contribution in [0.15, 0.2) is 18.2 Å². The summed E-state index contributed by atoms with van der Waals surface area (Å²) in [5.41, 5.74) is 4.02. The Balaban J connectivity index is 2.54. The Labute approximate surface area is 111 Å². The summed E-state index contributed by atoms with van der Waals surface area (Å²) in [6.45, 7) is 11.5. The number of hydrogen-bond acceptors (Lipinski definition) is 2. The van der Waals surface area contributed by atoms with Gasteiger partial charge in [0, 0.05) is 6.04 Å². The third-order valence-corrected chi connectivity index (χ3v) is 3.42. The van der Waals surface area contributed by atoms with Crippen molar-refractivity contribution in [2.75, 3.05) is 6.54 Å². The van der Waals surface area contributed by atoms with Gasteiger partial charge in [-0.3, -0.25) is 0 Å². The van der Waals surface area contributed by atoms with Gasteiger partial charge in [-0.15, -0.1) is 0 Å². The number of benzene rings is 1. The fraction of sp³-hybridized carbons (Fsp3) is 0.625. The van der Waals surface area contributed by atoms with Gasteiger partial charge in [-0.2, -0.15) is 0 Å². The van der Waals surface area contributed by atoms with Crippen molar-refractivity contribution in [3.8, 4) is 0 Å². The van der Waals surface area contributed by atoms with E-state index in [4.69, 9.17) is 0 Å². The van der Waals surface area contributed by atoms with E-state index < -0.39 is 0 Å². The summed E-state index contributed by atoms with van der Waals surface area (Å²) < 4.78 is 0. The average Bonchev–Trinajstić information content (AvgIpc) is 2.28. The molecule has 1 aromatic carbocycles. The molecule has 0 aliphatic carbocycles. The fourth-order valence-corrected chi connectivity index (χ4v) is 2.38. The van der Waals surface area contributed by atoms with Gasteiger partial charge < -0.3 is 10.4 Å². The molecular weight excluding hydrogens is 222 g/mol. The molecule has 0 fully saturated rings. The topological polar surface area (TPSA) is 32.3 Å².